The summed E-state index contributed by atoms with van der Waals surface area (Å²) in [4.78, 5) is 12.0. The van der Waals surface area contributed by atoms with Gasteiger partial charge in [0.2, 0.25) is 0 Å². The molecule has 1 aromatic heterocycles. The number of aromatic nitrogens is 3. The second-order valence-corrected chi connectivity index (χ2v) is 8.01. The van der Waals surface area contributed by atoms with E-state index in [4.69, 9.17) is 21.1 Å². The van der Waals surface area contributed by atoms with Gasteiger partial charge in [0.25, 0.3) is 0 Å². The molecule has 0 amide bonds. The quantitative estimate of drug-likeness (QED) is 0.380. The van der Waals surface area contributed by atoms with Crippen LogP contribution in [0.3, 0.4) is 0 Å². The van der Waals surface area contributed by atoms with Crippen LogP contribution >= 0.6 is 23.4 Å². The van der Waals surface area contributed by atoms with Crippen molar-refractivity contribution in [1.82, 2.24) is 14.8 Å². The maximum Gasteiger partial charge on any atom is 0.316 e. The van der Waals surface area contributed by atoms with Crippen LogP contribution in [0.1, 0.15) is 27.2 Å². The average Bonchev–Trinajstić information content (AvgIpc) is 2.95. The molecular formula is C18H24ClN3O3S. The van der Waals surface area contributed by atoms with Crippen LogP contribution in [0.5, 0.6) is 0 Å². The van der Waals surface area contributed by atoms with Gasteiger partial charge in [-0.1, -0.05) is 35.5 Å². The van der Waals surface area contributed by atoms with Gasteiger partial charge in [-0.2, -0.15) is 0 Å². The van der Waals surface area contributed by atoms with E-state index in [1.807, 2.05) is 49.6 Å². The first kappa shape index (κ1) is 20.7. The van der Waals surface area contributed by atoms with Crippen molar-refractivity contribution in [3.8, 4) is 11.4 Å². The van der Waals surface area contributed by atoms with E-state index in [0.29, 0.717) is 29.2 Å². The first-order chi connectivity index (χ1) is 12.3. The van der Waals surface area contributed by atoms with Crippen molar-refractivity contribution in [3.63, 3.8) is 0 Å². The van der Waals surface area contributed by atoms with Gasteiger partial charge < -0.3 is 14.0 Å². The zero-order chi connectivity index (χ0) is 19.2. The van der Waals surface area contributed by atoms with Crippen LogP contribution in [-0.4, -0.2) is 45.8 Å². The number of benzene rings is 1. The number of rotatable bonds is 8. The number of carbonyl (C=O) groups excluding carboxylic acids is 1. The molecule has 0 saturated heterocycles. The molecule has 1 aromatic carbocycles. The van der Waals surface area contributed by atoms with Crippen LogP contribution in [0.2, 0.25) is 5.02 Å². The molecule has 0 aliphatic carbocycles. The summed E-state index contributed by atoms with van der Waals surface area (Å²) in [7, 11) is 1.67. The van der Waals surface area contributed by atoms with Crippen molar-refractivity contribution in [2.75, 3.05) is 19.5 Å². The van der Waals surface area contributed by atoms with Crippen LogP contribution in [0, 0.1) is 0 Å². The lowest BCUT2D eigenvalue weighted by Gasteiger charge is -2.19. The molecule has 2 aromatic rings. The molecule has 0 N–H and O–H groups in total. The van der Waals surface area contributed by atoms with Crippen molar-refractivity contribution in [2.45, 2.75) is 44.5 Å². The van der Waals surface area contributed by atoms with Gasteiger partial charge in [-0.05, 0) is 39.3 Å². The Hall–Kier alpha value is -1.57. The smallest absolute Gasteiger partial charge is 0.316 e. The third-order valence-electron chi connectivity index (χ3n) is 3.30. The van der Waals surface area contributed by atoms with E-state index in [-0.39, 0.29) is 11.7 Å². The summed E-state index contributed by atoms with van der Waals surface area (Å²) in [6, 6.07) is 7.50. The predicted octanol–water partition coefficient (Wildman–Crippen LogP) is 4.07. The van der Waals surface area contributed by atoms with Crippen LogP contribution in [-0.2, 0) is 20.8 Å². The van der Waals surface area contributed by atoms with E-state index in [0.717, 1.165) is 12.0 Å². The third-order valence-corrected chi connectivity index (χ3v) is 4.57. The molecule has 26 heavy (non-hydrogen) atoms. The number of methoxy groups -OCH3 is 1. The molecule has 8 heteroatoms. The Bertz CT molecular complexity index is 744. The summed E-state index contributed by atoms with van der Waals surface area (Å²) in [6.07, 6.45) is 0.798. The lowest BCUT2D eigenvalue weighted by atomic mass is 10.2. The minimum absolute atomic E-state index is 0.169. The number of esters is 1. The van der Waals surface area contributed by atoms with Gasteiger partial charge >= 0.3 is 5.97 Å². The van der Waals surface area contributed by atoms with E-state index in [9.17, 15) is 4.79 Å². The molecule has 142 valence electrons. The minimum atomic E-state index is -0.507. The van der Waals surface area contributed by atoms with E-state index in [1.165, 1.54) is 11.8 Å². The summed E-state index contributed by atoms with van der Waals surface area (Å²) >= 11 is 7.62. The molecule has 0 saturated carbocycles. The Morgan fingerprint density at radius 2 is 2.00 bits per heavy atom. The topological polar surface area (TPSA) is 66.2 Å². The highest BCUT2D eigenvalue weighted by atomic mass is 35.5. The lowest BCUT2D eigenvalue weighted by Crippen LogP contribution is -2.25. The van der Waals surface area contributed by atoms with E-state index < -0.39 is 5.60 Å². The molecular weight excluding hydrogens is 374 g/mol. The molecule has 0 fully saturated rings. The summed E-state index contributed by atoms with van der Waals surface area (Å²) in [5, 5.41) is 9.81. The van der Waals surface area contributed by atoms with E-state index in [1.54, 1.807) is 7.11 Å². The number of hydrogen-bond donors (Lipinski definition) is 0. The zero-order valence-corrected chi connectivity index (χ0v) is 17.1. The van der Waals surface area contributed by atoms with Crippen LogP contribution < -0.4 is 0 Å². The largest absolute Gasteiger partial charge is 0.459 e. The Morgan fingerprint density at radius 1 is 1.27 bits per heavy atom. The summed E-state index contributed by atoms with van der Waals surface area (Å²) in [5.41, 5.74) is 0.301. The summed E-state index contributed by atoms with van der Waals surface area (Å²) in [5.74, 6) is 0.564. The number of ether oxygens (including phenoxy) is 2. The summed E-state index contributed by atoms with van der Waals surface area (Å²) < 4.78 is 12.5. The highest BCUT2D eigenvalue weighted by Gasteiger charge is 2.20. The maximum absolute atomic E-state index is 12.0. The average molecular weight is 398 g/mol. The van der Waals surface area contributed by atoms with Gasteiger partial charge in [0.05, 0.1) is 10.8 Å². The number of carbonyl (C=O) groups is 1. The van der Waals surface area contributed by atoms with E-state index in [2.05, 4.69) is 10.2 Å². The second kappa shape index (κ2) is 9.39. The van der Waals surface area contributed by atoms with Crippen molar-refractivity contribution < 1.29 is 14.3 Å². The van der Waals surface area contributed by atoms with Gasteiger partial charge in [0, 0.05) is 25.8 Å². The van der Waals surface area contributed by atoms with Gasteiger partial charge in [0.15, 0.2) is 11.0 Å². The van der Waals surface area contributed by atoms with Crippen molar-refractivity contribution in [3.05, 3.63) is 29.3 Å². The maximum atomic E-state index is 12.0. The molecule has 0 unspecified atom stereocenters. The van der Waals surface area contributed by atoms with Crippen LogP contribution in [0.25, 0.3) is 11.4 Å². The Kier molecular flexibility index (Phi) is 7.49. The Labute approximate surface area is 163 Å². The number of halogens is 1. The number of thioether (sulfide) groups is 1. The van der Waals surface area contributed by atoms with Crippen LogP contribution in [0.4, 0.5) is 0 Å². The van der Waals surface area contributed by atoms with Gasteiger partial charge in [-0.3, -0.25) is 4.79 Å². The summed E-state index contributed by atoms with van der Waals surface area (Å²) in [6.45, 7) is 6.82. The van der Waals surface area contributed by atoms with Gasteiger partial charge in [-0.15, -0.1) is 10.2 Å². The fraction of sp³-hybridized carbons (Fsp3) is 0.500. The molecule has 6 nitrogen and oxygen atoms in total. The van der Waals surface area contributed by atoms with E-state index >= 15 is 0 Å². The standard InChI is InChI=1S/C18H24ClN3O3S/c1-18(2,3)25-15(23)12-26-17-21-20-16(22(17)10-7-11-24-4)13-8-5-6-9-14(13)19/h5-6,8-9H,7,10-12H2,1-4H3. The highest BCUT2D eigenvalue weighted by molar-refractivity contribution is 7.99. The highest BCUT2D eigenvalue weighted by Crippen LogP contribution is 2.29. The molecule has 0 aliphatic heterocycles. The SMILES string of the molecule is COCCCn1c(SCC(=O)OC(C)(C)C)nnc1-c1ccccc1Cl. The molecule has 2 rings (SSSR count). The molecule has 0 aliphatic rings. The van der Waals surface area contributed by atoms with Crippen molar-refractivity contribution in [1.29, 1.82) is 0 Å². The molecule has 1 heterocycles. The first-order valence-corrected chi connectivity index (χ1v) is 9.70. The number of hydrogen-bond acceptors (Lipinski definition) is 6. The monoisotopic (exact) mass is 397 g/mol. The van der Waals surface area contributed by atoms with Crippen molar-refractivity contribution >= 4 is 29.3 Å². The first-order valence-electron chi connectivity index (χ1n) is 8.33. The number of nitrogens with zero attached hydrogens (tertiary/aromatic N) is 3. The second-order valence-electron chi connectivity index (χ2n) is 6.66. The predicted molar refractivity (Wildman–Crippen MR) is 104 cm³/mol. The molecule has 0 atom stereocenters. The fourth-order valence-electron chi connectivity index (χ4n) is 2.30. The normalized spacial score (nSPS) is 11.6. The molecule has 0 radical (unpaired) electrons. The molecule has 0 bridgehead atoms. The Morgan fingerprint density at radius 3 is 2.65 bits per heavy atom. The van der Waals surface area contributed by atoms with Crippen molar-refractivity contribution in [2.24, 2.45) is 0 Å². The lowest BCUT2D eigenvalue weighted by molar-refractivity contribution is -0.151. The molecule has 0 spiro atoms. The van der Waals surface area contributed by atoms with Crippen LogP contribution in [0.15, 0.2) is 29.4 Å². The van der Waals surface area contributed by atoms with Gasteiger partial charge in [-0.25, -0.2) is 0 Å². The fourth-order valence-corrected chi connectivity index (χ4v) is 3.26. The Balaban J connectivity index is 2.20. The third kappa shape index (κ3) is 6.00. The zero-order valence-electron chi connectivity index (χ0n) is 15.5. The van der Waals surface area contributed by atoms with Gasteiger partial charge in [0.1, 0.15) is 5.60 Å². The minimum Gasteiger partial charge on any atom is -0.459 e.